The standard InChI is InChI=1S/C10H14F3N3/c1-7(6-14)16(2)9-5-3-4-8(15-9)10(11,12)13/h3-5,7H,6,14H2,1-2H3. The topological polar surface area (TPSA) is 42.1 Å². The molecule has 1 aromatic rings. The Morgan fingerprint density at radius 2 is 2.06 bits per heavy atom. The molecule has 2 N–H and O–H groups in total. The molecule has 6 heteroatoms. The molecular formula is C10H14F3N3. The van der Waals surface area contributed by atoms with Gasteiger partial charge in [0.2, 0.25) is 0 Å². The summed E-state index contributed by atoms with van der Waals surface area (Å²) in [5.74, 6) is 0.271. The van der Waals surface area contributed by atoms with Crippen LogP contribution in [-0.4, -0.2) is 24.6 Å². The van der Waals surface area contributed by atoms with Gasteiger partial charge in [0.25, 0.3) is 0 Å². The van der Waals surface area contributed by atoms with Crippen LogP contribution in [-0.2, 0) is 6.18 Å². The molecule has 0 saturated carbocycles. The third-order valence-electron chi connectivity index (χ3n) is 2.39. The Hall–Kier alpha value is -1.30. The van der Waals surface area contributed by atoms with Gasteiger partial charge < -0.3 is 10.6 Å². The van der Waals surface area contributed by atoms with Gasteiger partial charge in [-0.25, -0.2) is 4.98 Å². The molecule has 1 heterocycles. The Balaban J connectivity index is 2.99. The number of nitrogens with two attached hydrogens (primary N) is 1. The maximum atomic E-state index is 12.4. The Labute approximate surface area is 92.1 Å². The number of likely N-dealkylation sites (N-methyl/N-ethyl adjacent to an activating group) is 1. The minimum Gasteiger partial charge on any atom is -0.356 e. The van der Waals surface area contributed by atoms with E-state index in [2.05, 4.69) is 4.98 Å². The van der Waals surface area contributed by atoms with Gasteiger partial charge in [-0.2, -0.15) is 13.2 Å². The highest BCUT2D eigenvalue weighted by molar-refractivity contribution is 5.39. The average molecular weight is 233 g/mol. The van der Waals surface area contributed by atoms with E-state index >= 15 is 0 Å². The van der Waals surface area contributed by atoms with E-state index in [4.69, 9.17) is 5.73 Å². The quantitative estimate of drug-likeness (QED) is 0.866. The van der Waals surface area contributed by atoms with E-state index in [1.807, 2.05) is 6.92 Å². The molecule has 0 radical (unpaired) electrons. The maximum Gasteiger partial charge on any atom is 0.433 e. The van der Waals surface area contributed by atoms with E-state index in [9.17, 15) is 13.2 Å². The van der Waals surface area contributed by atoms with Crippen LogP contribution in [0, 0.1) is 0 Å². The van der Waals surface area contributed by atoms with Gasteiger partial charge in [0.1, 0.15) is 11.5 Å². The summed E-state index contributed by atoms with van der Waals surface area (Å²) in [6, 6.07) is 3.76. The summed E-state index contributed by atoms with van der Waals surface area (Å²) in [5.41, 5.74) is 4.55. The van der Waals surface area contributed by atoms with Crippen molar-refractivity contribution in [2.24, 2.45) is 5.73 Å². The van der Waals surface area contributed by atoms with Crippen LogP contribution >= 0.6 is 0 Å². The second kappa shape index (κ2) is 4.69. The van der Waals surface area contributed by atoms with Crippen LogP contribution in [0.2, 0.25) is 0 Å². The van der Waals surface area contributed by atoms with Gasteiger partial charge in [0.15, 0.2) is 0 Å². The van der Waals surface area contributed by atoms with E-state index in [1.54, 1.807) is 11.9 Å². The molecule has 1 aromatic heterocycles. The highest BCUT2D eigenvalue weighted by Crippen LogP contribution is 2.28. The van der Waals surface area contributed by atoms with Gasteiger partial charge in [-0.05, 0) is 19.1 Å². The van der Waals surface area contributed by atoms with Crippen molar-refractivity contribution in [3.8, 4) is 0 Å². The lowest BCUT2D eigenvalue weighted by atomic mass is 10.3. The summed E-state index contributed by atoms with van der Waals surface area (Å²) in [6.07, 6.45) is -4.41. The summed E-state index contributed by atoms with van der Waals surface area (Å²) >= 11 is 0. The number of halogens is 3. The summed E-state index contributed by atoms with van der Waals surface area (Å²) < 4.78 is 37.2. The number of anilines is 1. The molecule has 16 heavy (non-hydrogen) atoms. The van der Waals surface area contributed by atoms with Gasteiger partial charge in [-0.15, -0.1) is 0 Å². The van der Waals surface area contributed by atoms with Crippen molar-refractivity contribution < 1.29 is 13.2 Å². The summed E-state index contributed by atoms with van der Waals surface area (Å²) in [4.78, 5) is 5.18. The molecule has 1 unspecified atom stereocenters. The van der Waals surface area contributed by atoms with Crippen LogP contribution in [0.1, 0.15) is 12.6 Å². The lowest BCUT2D eigenvalue weighted by Crippen LogP contribution is -2.36. The largest absolute Gasteiger partial charge is 0.433 e. The second-order valence-corrected chi connectivity index (χ2v) is 3.57. The second-order valence-electron chi connectivity index (χ2n) is 3.57. The molecule has 0 aromatic carbocycles. The summed E-state index contributed by atoms with van der Waals surface area (Å²) in [7, 11) is 1.67. The van der Waals surface area contributed by atoms with Crippen molar-refractivity contribution in [2.75, 3.05) is 18.5 Å². The molecule has 1 atom stereocenters. The first-order valence-corrected chi connectivity index (χ1v) is 4.83. The highest BCUT2D eigenvalue weighted by atomic mass is 19.4. The fourth-order valence-corrected chi connectivity index (χ4v) is 1.16. The van der Waals surface area contributed by atoms with Gasteiger partial charge in [0, 0.05) is 19.6 Å². The van der Waals surface area contributed by atoms with Crippen LogP contribution in [0.15, 0.2) is 18.2 Å². The molecule has 0 saturated heterocycles. The minimum atomic E-state index is -4.41. The average Bonchev–Trinajstić information content (AvgIpc) is 2.26. The molecule has 0 bridgehead atoms. The molecule has 0 fully saturated rings. The number of aromatic nitrogens is 1. The zero-order valence-electron chi connectivity index (χ0n) is 9.12. The SMILES string of the molecule is CC(CN)N(C)c1cccc(C(F)(F)F)n1. The van der Waals surface area contributed by atoms with E-state index in [0.29, 0.717) is 6.54 Å². The van der Waals surface area contributed by atoms with E-state index in [-0.39, 0.29) is 11.9 Å². The van der Waals surface area contributed by atoms with Crippen LogP contribution in [0.25, 0.3) is 0 Å². The first-order chi connectivity index (χ1) is 7.36. The van der Waals surface area contributed by atoms with Gasteiger partial charge in [-0.1, -0.05) is 6.07 Å². The number of nitrogens with zero attached hydrogens (tertiary/aromatic N) is 2. The maximum absolute atomic E-state index is 12.4. The fourth-order valence-electron chi connectivity index (χ4n) is 1.16. The molecule has 0 spiro atoms. The lowest BCUT2D eigenvalue weighted by molar-refractivity contribution is -0.141. The van der Waals surface area contributed by atoms with Crippen LogP contribution in [0.5, 0.6) is 0 Å². The number of rotatable bonds is 3. The Morgan fingerprint density at radius 1 is 1.44 bits per heavy atom. The monoisotopic (exact) mass is 233 g/mol. The first kappa shape index (κ1) is 12.8. The van der Waals surface area contributed by atoms with Crippen molar-refractivity contribution in [1.82, 2.24) is 4.98 Å². The zero-order chi connectivity index (χ0) is 12.3. The van der Waals surface area contributed by atoms with Gasteiger partial charge in [-0.3, -0.25) is 0 Å². The van der Waals surface area contributed by atoms with Crippen LogP contribution < -0.4 is 10.6 Å². The predicted molar refractivity (Wildman–Crippen MR) is 56.2 cm³/mol. The van der Waals surface area contributed by atoms with Crippen molar-refractivity contribution in [3.63, 3.8) is 0 Å². The lowest BCUT2D eigenvalue weighted by Gasteiger charge is -2.25. The van der Waals surface area contributed by atoms with Gasteiger partial charge >= 0.3 is 6.18 Å². The Bertz CT molecular complexity index is 351. The molecule has 90 valence electrons. The van der Waals surface area contributed by atoms with Crippen LogP contribution in [0.4, 0.5) is 19.0 Å². The Morgan fingerprint density at radius 3 is 2.56 bits per heavy atom. The highest BCUT2D eigenvalue weighted by Gasteiger charge is 2.32. The Kier molecular flexibility index (Phi) is 3.74. The normalized spacial score (nSPS) is 13.6. The third kappa shape index (κ3) is 2.85. The molecule has 1 rings (SSSR count). The van der Waals surface area contributed by atoms with Gasteiger partial charge in [0.05, 0.1) is 0 Å². The minimum absolute atomic E-state index is 0.0593. The molecule has 3 nitrogen and oxygen atoms in total. The van der Waals surface area contributed by atoms with Crippen LogP contribution in [0.3, 0.4) is 0 Å². The number of hydrogen-bond acceptors (Lipinski definition) is 3. The number of alkyl halides is 3. The van der Waals surface area contributed by atoms with E-state index < -0.39 is 11.9 Å². The molecule has 0 aliphatic rings. The molecular weight excluding hydrogens is 219 g/mol. The summed E-state index contributed by atoms with van der Waals surface area (Å²) in [5, 5.41) is 0. The van der Waals surface area contributed by atoms with Crippen molar-refractivity contribution in [3.05, 3.63) is 23.9 Å². The third-order valence-corrected chi connectivity index (χ3v) is 2.39. The van der Waals surface area contributed by atoms with Crippen molar-refractivity contribution in [2.45, 2.75) is 19.1 Å². The summed E-state index contributed by atoms with van der Waals surface area (Å²) in [6.45, 7) is 2.18. The smallest absolute Gasteiger partial charge is 0.356 e. The molecule has 0 amide bonds. The van der Waals surface area contributed by atoms with Crippen molar-refractivity contribution in [1.29, 1.82) is 0 Å². The number of pyridine rings is 1. The fraction of sp³-hybridized carbons (Fsp3) is 0.500. The molecule has 0 aliphatic carbocycles. The zero-order valence-corrected chi connectivity index (χ0v) is 9.12. The van der Waals surface area contributed by atoms with E-state index in [1.165, 1.54) is 12.1 Å². The first-order valence-electron chi connectivity index (χ1n) is 4.83. The van der Waals surface area contributed by atoms with Crippen molar-refractivity contribution >= 4 is 5.82 Å². The molecule has 0 aliphatic heterocycles. The number of hydrogen-bond donors (Lipinski definition) is 1. The van der Waals surface area contributed by atoms with E-state index in [0.717, 1.165) is 6.07 Å². The predicted octanol–water partition coefficient (Wildman–Crippen LogP) is 1.88.